The molecule has 6 aliphatic rings. The van der Waals surface area contributed by atoms with Crippen LogP contribution in [0.1, 0.15) is 92.9 Å². The van der Waals surface area contributed by atoms with Crippen molar-refractivity contribution in [1.29, 1.82) is 0 Å². The molecule has 56 heavy (non-hydrogen) atoms. The van der Waals surface area contributed by atoms with E-state index in [2.05, 4.69) is 13.8 Å². The lowest BCUT2D eigenvalue weighted by atomic mass is 9.44. The Labute approximate surface area is 327 Å². The molecule has 0 spiro atoms. The molecule has 0 unspecified atom stereocenters. The maximum atomic E-state index is 14.0. The predicted octanol–water partition coefficient (Wildman–Crippen LogP) is 1.93. The Morgan fingerprint density at radius 3 is 2.21 bits per heavy atom. The number of ketones is 2. The summed E-state index contributed by atoms with van der Waals surface area (Å²) < 4.78 is 23.3. The molecule has 15 heteroatoms. The average molecular weight is 795 g/mol. The smallest absolute Gasteiger partial charge is 0.335 e. The Hall–Kier alpha value is -2.31. The first-order chi connectivity index (χ1) is 26.3. The molecule has 2 saturated heterocycles. The molecule has 18 atom stereocenters. The van der Waals surface area contributed by atoms with E-state index >= 15 is 0 Å². The van der Waals surface area contributed by atoms with Crippen LogP contribution in [-0.4, -0.2) is 133 Å². The number of carboxylic acids is 1. The van der Waals surface area contributed by atoms with E-state index in [-0.39, 0.29) is 64.7 Å². The minimum atomic E-state index is -1.95. The normalized spacial score (nSPS) is 46.3. The maximum absolute atomic E-state index is 14.0. The van der Waals surface area contributed by atoms with Gasteiger partial charge >= 0.3 is 5.97 Å². The van der Waals surface area contributed by atoms with Crippen molar-refractivity contribution < 1.29 is 74.2 Å². The summed E-state index contributed by atoms with van der Waals surface area (Å²) in [6.45, 7) is 11.4. The summed E-state index contributed by atoms with van der Waals surface area (Å²) in [5, 5.41) is 83.7. The topological polar surface area (TPSA) is 250 Å². The predicted molar refractivity (Wildman–Crippen MR) is 196 cm³/mol. The third-order valence-electron chi connectivity index (χ3n) is 14.7. The number of rotatable bonds is 11. The molecule has 0 aromatic carbocycles. The van der Waals surface area contributed by atoms with E-state index in [1.54, 1.807) is 0 Å². The number of carbonyl (C=O) groups excluding carboxylic acids is 2. The van der Waals surface area contributed by atoms with Crippen LogP contribution >= 0.6 is 0 Å². The quantitative estimate of drug-likeness (QED) is 0.110. The summed E-state index contributed by atoms with van der Waals surface area (Å²) >= 11 is 0. The van der Waals surface area contributed by atoms with Crippen molar-refractivity contribution >= 4 is 17.5 Å². The van der Waals surface area contributed by atoms with Gasteiger partial charge in [-0.1, -0.05) is 40.7 Å². The molecule has 15 nitrogen and oxygen atoms in total. The fraction of sp³-hybridized carbons (Fsp3) is 0.829. The fourth-order valence-electron chi connectivity index (χ4n) is 11.8. The van der Waals surface area contributed by atoms with Gasteiger partial charge in [0.25, 0.3) is 0 Å². The van der Waals surface area contributed by atoms with Gasteiger partial charge in [0.1, 0.15) is 42.7 Å². The minimum Gasteiger partial charge on any atom is -0.504 e. The van der Waals surface area contributed by atoms with E-state index in [1.165, 1.54) is 0 Å². The number of carbonyl (C=O) groups is 3. The summed E-state index contributed by atoms with van der Waals surface area (Å²) in [6.07, 6.45) is -10.7. The first-order valence-corrected chi connectivity index (χ1v) is 20.3. The maximum Gasteiger partial charge on any atom is 0.335 e. The third-order valence-corrected chi connectivity index (χ3v) is 14.7. The highest BCUT2D eigenvalue weighted by atomic mass is 16.8. The van der Waals surface area contributed by atoms with E-state index in [4.69, 9.17) is 18.9 Å². The van der Waals surface area contributed by atoms with E-state index < -0.39 is 85.5 Å². The van der Waals surface area contributed by atoms with E-state index in [1.807, 2.05) is 33.8 Å². The van der Waals surface area contributed by atoms with Gasteiger partial charge in [0.2, 0.25) is 5.78 Å². The number of Topliss-reactive ketones (excluding diaryl/α,β-unsaturated/α-hetero) is 2. The summed E-state index contributed by atoms with van der Waals surface area (Å²) in [5.74, 6) is -2.13. The highest BCUT2D eigenvalue weighted by Gasteiger charge is 2.64. The SMILES string of the molecule is C/C=C(\C(=O)C[C@@H](C)C1=C(O)C(=O)[C@@H]2[C@@H]3CC[C@H]4C[C@@H](O[C@@H]5O[C@H](C(=O)O)[C@@H](O)[C@H](O)[C@H]5O[C@@H]5O[C@H](CO)[C@@H](O)[C@H](O)[C@H]5O)CC[C@]4(C)[C@H]3CC[C@]12C)C(C)C. The zero-order valence-corrected chi connectivity index (χ0v) is 33.2. The summed E-state index contributed by atoms with van der Waals surface area (Å²) in [6, 6.07) is 0. The Kier molecular flexibility index (Phi) is 12.7. The van der Waals surface area contributed by atoms with Gasteiger partial charge < -0.3 is 59.8 Å². The third kappa shape index (κ3) is 7.32. The lowest BCUT2D eigenvalue weighted by Gasteiger charge is -2.60. The number of fused-ring (bicyclic) bond motifs is 5. The van der Waals surface area contributed by atoms with E-state index in [9.17, 15) is 55.2 Å². The van der Waals surface area contributed by atoms with Crippen LogP contribution in [0.25, 0.3) is 0 Å². The molecule has 2 aliphatic heterocycles. The Balaban J connectivity index is 1.16. The molecule has 3 saturated carbocycles. The van der Waals surface area contributed by atoms with Gasteiger partial charge in [0.05, 0.1) is 12.7 Å². The van der Waals surface area contributed by atoms with Crippen molar-refractivity contribution in [2.75, 3.05) is 6.61 Å². The number of allylic oxidation sites excluding steroid dienone is 4. The molecule has 4 aliphatic carbocycles. The fourth-order valence-corrected chi connectivity index (χ4v) is 11.8. The molecular formula is C41H62O15. The number of carboxylic acid groups (broad SMARTS) is 1. The zero-order valence-electron chi connectivity index (χ0n) is 33.2. The van der Waals surface area contributed by atoms with Gasteiger partial charge in [0, 0.05) is 17.8 Å². The molecular weight excluding hydrogens is 732 g/mol. The van der Waals surface area contributed by atoms with Crippen LogP contribution in [0.15, 0.2) is 23.0 Å². The second kappa shape index (κ2) is 16.4. The van der Waals surface area contributed by atoms with Gasteiger partial charge in [-0.2, -0.15) is 0 Å². The molecule has 8 N–H and O–H groups in total. The molecule has 2 heterocycles. The molecule has 0 aromatic rings. The summed E-state index contributed by atoms with van der Waals surface area (Å²) in [7, 11) is 0. The number of hydrogen-bond acceptors (Lipinski definition) is 14. The Bertz CT molecular complexity index is 1560. The van der Waals surface area contributed by atoms with E-state index in [0.717, 1.165) is 24.8 Å². The van der Waals surface area contributed by atoms with Gasteiger partial charge in [-0.05, 0) is 98.0 Å². The largest absolute Gasteiger partial charge is 0.504 e. The lowest BCUT2D eigenvalue weighted by molar-refractivity contribution is -0.369. The number of ether oxygens (including phenoxy) is 4. The Morgan fingerprint density at radius 1 is 0.893 bits per heavy atom. The molecule has 0 aromatic heterocycles. The van der Waals surface area contributed by atoms with Crippen LogP contribution in [-0.2, 0) is 33.3 Å². The van der Waals surface area contributed by atoms with Crippen molar-refractivity contribution in [2.24, 2.45) is 46.3 Å². The number of aliphatic carboxylic acids is 1. The first kappa shape index (κ1) is 43.3. The molecule has 5 fully saturated rings. The van der Waals surface area contributed by atoms with Crippen molar-refractivity contribution in [3.63, 3.8) is 0 Å². The molecule has 0 amide bonds. The standard InChI is InChI=1S/C41H62O15/c1-7-21(17(2)3)24(43)14-18(4)26-29(45)30(46)27-22-9-8-19-15-20(10-12-40(19,5)23(22)11-13-41(26,27)6)53-39-36(33(49)32(48)35(55-39)37(51)52)56-38-34(50)31(47)28(44)25(16-42)54-38/h7,17-20,22-23,25,27-28,31-36,38-39,42,44-45,47-50H,8-16H2,1-6H3,(H,51,52)/b21-7-/t18-,19+,20+,22-,23+,25-,27+,28-,31+,32+,33+,34-,35+,36-,38+,39-,40+,41-/m1/s1. The van der Waals surface area contributed by atoms with Crippen LogP contribution in [0.5, 0.6) is 0 Å². The zero-order chi connectivity index (χ0) is 41.2. The van der Waals surface area contributed by atoms with Crippen LogP contribution in [0.4, 0.5) is 0 Å². The summed E-state index contributed by atoms with van der Waals surface area (Å²) in [5.41, 5.74) is 0.726. The molecule has 0 bridgehead atoms. The molecule has 0 radical (unpaired) electrons. The number of hydrogen-bond donors (Lipinski definition) is 8. The highest BCUT2D eigenvalue weighted by molar-refractivity contribution is 6.01. The van der Waals surface area contributed by atoms with Crippen LogP contribution in [0.2, 0.25) is 0 Å². The molecule has 6 rings (SSSR count). The Morgan fingerprint density at radius 2 is 1.59 bits per heavy atom. The lowest BCUT2D eigenvalue weighted by Crippen LogP contribution is -2.65. The minimum absolute atomic E-state index is 0.0324. The number of aliphatic hydroxyl groups is 7. The van der Waals surface area contributed by atoms with Crippen molar-refractivity contribution in [2.45, 2.75) is 160 Å². The van der Waals surface area contributed by atoms with Gasteiger partial charge in [-0.3, -0.25) is 9.59 Å². The second-order valence-corrected chi connectivity index (χ2v) is 18.1. The first-order valence-electron chi connectivity index (χ1n) is 20.3. The highest BCUT2D eigenvalue weighted by Crippen LogP contribution is 2.67. The van der Waals surface area contributed by atoms with Crippen molar-refractivity contribution in [1.82, 2.24) is 0 Å². The van der Waals surface area contributed by atoms with E-state index in [0.29, 0.717) is 31.3 Å². The van der Waals surface area contributed by atoms with Crippen LogP contribution < -0.4 is 0 Å². The van der Waals surface area contributed by atoms with Gasteiger partial charge in [0.15, 0.2) is 30.2 Å². The van der Waals surface area contributed by atoms with Crippen molar-refractivity contribution in [3.8, 4) is 0 Å². The second-order valence-electron chi connectivity index (χ2n) is 18.1. The van der Waals surface area contributed by atoms with Gasteiger partial charge in [-0.15, -0.1) is 0 Å². The van der Waals surface area contributed by atoms with Crippen LogP contribution in [0, 0.1) is 46.3 Å². The van der Waals surface area contributed by atoms with Gasteiger partial charge in [-0.25, -0.2) is 4.79 Å². The average Bonchev–Trinajstić information content (AvgIpc) is 3.35. The summed E-state index contributed by atoms with van der Waals surface area (Å²) in [4.78, 5) is 39.3. The molecule has 316 valence electrons. The van der Waals surface area contributed by atoms with Crippen LogP contribution in [0.3, 0.4) is 0 Å². The monoisotopic (exact) mass is 794 g/mol. The van der Waals surface area contributed by atoms with Crippen molar-refractivity contribution in [3.05, 3.63) is 23.0 Å². The number of aliphatic hydroxyl groups excluding tert-OH is 7.